The topological polar surface area (TPSA) is 51.8 Å². The first kappa shape index (κ1) is 29.6. The van der Waals surface area contributed by atoms with Crippen LogP contribution in [0.1, 0.15) is 0 Å². The standard InChI is InChI=1S/C46H30BN5O/c53-42-26-13-10-21-37(42)45-48-46-44(51(45)33-19-8-3-9-20-33)47(31-15-4-1-5-16-31)38-23-14-22-36-35-28-27-34(29-41(35)52(46)43(36)38)50-30-49(32-17-6-2-7-18-32)39-24-11-12-25-40(39)50/h1-29,53H. The number of para-hydroxylation sites is 6. The Morgan fingerprint density at radius 2 is 1.30 bits per heavy atom. The average Bonchev–Trinajstić information content (AvgIpc) is 3.90. The predicted molar refractivity (Wildman–Crippen MR) is 213 cm³/mol. The van der Waals surface area contributed by atoms with E-state index in [4.69, 9.17) is 4.98 Å². The lowest BCUT2D eigenvalue weighted by atomic mass is 9.37. The Bertz CT molecular complexity index is 3020. The van der Waals surface area contributed by atoms with E-state index in [0.717, 1.165) is 55.9 Å². The van der Waals surface area contributed by atoms with Gasteiger partial charge in [-0.1, -0.05) is 133 Å². The summed E-state index contributed by atoms with van der Waals surface area (Å²) in [6.07, 6.45) is 3.67. The third-order valence-electron chi connectivity index (χ3n) is 10.6. The summed E-state index contributed by atoms with van der Waals surface area (Å²) >= 11 is 0. The molecule has 0 saturated carbocycles. The van der Waals surface area contributed by atoms with Gasteiger partial charge in [-0.05, 0) is 54.0 Å². The summed E-state index contributed by atoms with van der Waals surface area (Å²) in [7, 11) is 0. The Morgan fingerprint density at radius 3 is 2.11 bits per heavy atom. The van der Waals surface area contributed by atoms with Gasteiger partial charge in [-0.2, -0.15) is 0 Å². The lowest BCUT2D eigenvalue weighted by Gasteiger charge is -2.25. The van der Waals surface area contributed by atoms with E-state index in [0.29, 0.717) is 11.4 Å². The van der Waals surface area contributed by atoms with Crippen molar-refractivity contribution in [2.75, 3.05) is 0 Å². The minimum Gasteiger partial charge on any atom is -0.507 e. The van der Waals surface area contributed by atoms with Crippen LogP contribution in [0.15, 0.2) is 176 Å². The second-order valence-electron chi connectivity index (χ2n) is 13.6. The molecular weight excluding hydrogens is 649 g/mol. The van der Waals surface area contributed by atoms with Crippen molar-refractivity contribution in [1.82, 2.24) is 18.7 Å². The van der Waals surface area contributed by atoms with E-state index in [9.17, 15) is 5.11 Å². The number of aromatic hydroxyl groups is 1. The lowest BCUT2D eigenvalue weighted by molar-refractivity contribution is -0.572. The predicted octanol–water partition coefficient (Wildman–Crippen LogP) is 7.19. The smallest absolute Gasteiger partial charge is 0.270 e. The highest BCUT2D eigenvalue weighted by molar-refractivity contribution is 6.97. The van der Waals surface area contributed by atoms with Gasteiger partial charge in [0.25, 0.3) is 13.0 Å². The van der Waals surface area contributed by atoms with E-state index >= 15 is 0 Å². The van der Waals surface area contributed by atoms with Gasteiger partial charge in [0.1, 0.15) is 11.6 Å². The van der Waals surface area contributed by atoms with Crippen molar-refractivity contribution in [2.45, 2.75) is 0 Å². The van der Waals surface area contributed by atoms with Crippen molar-refractivity contribution < 1.29 is 9.67 Å². The summed E-state index contributed by atoms with van der Waals surface area (Å²) in [5.74, 6) is 1.72. The van der Waals surface area contributed by atoms with Gasteiger partial charge >= 0.3 is 0 Å². The molecule has 7 heteroatoms. The van der Waals surface area contributed by atoms with Crippen LogP contribution in [-0.4, -0.2) is 30.5 Å². The summed E-state index contributed by atoms with van der Waals surface area (Å²) in [5.41, 5.74) is 11.5. The van der Waals surface area contributed by atoms with Crippen LogP contribution >= 0.6 is 0 Å². The molecule has 0 atom stereocenters. The number of phenols is 1. The van der Waals surface area contributed by atoms with E-state index in [1.807, 2.05) is 30.3 Å². The first-order valence-electron chi connectivity index (χ1n) is 17.8. The molecule has 10 aromatic rings. The number of hydrogen-bond donors (Lipinski definition) is 1. The second-order valence-corrected chi connectivity index (χ2v) is 13.6. The Kier molecular flexibility index (Phi) is 6.40. The lowest BCUT2D eigenvalue weighted by Crippen LogP contribution is -2.58. The monoisotopic (exact) mass is 679 g/mol. The molecule has 0 unspecified atom stereocenters. The van der Waals surface area contributed by atoms with E-state index in [1.165, 1.54) is 16.3 Å². The van der Waals surface area contributed by atoms with Crippen LogP contribution in [0, 0.1) is 6.33 Å². The van der Waals surface area contributed by atoms with Gasteiger partial charge in [0.05, 0.1) is 39.0 Å². The highest BCUT2D eigenvalue weighted by Gasteiger charge is 2.39. The van der Waals surface area contributed by atoms with Gasteiger partial charge in [-0.3, -0.25) is 13.7 Å². The highest BCUT2D eigenvalue weighted by atomic mass is 16.3. The molecule has 0 aliphatic carbocycles. The SMILES string of the molecule is Oc1ccccc1-c1nc2c(n1-c1ccccc1)B(c1ccccc1)c1cccc3c4ccc(-n5[c-][n+](-c6ccccc6)c6ccccc65)cc4n-2c13. The fraction of sp³-hybridized carbons (Fsp3) is 0. The fourth-order valence-corrected chi connectivity index (χ4v) is 8.35. The van der Waals surface area contributed by atoms with Gasteiger partial charge < -0.3 is 9.67 Å². The molecule has 0 amide bonds. The van der Waals surface area contributed by atoms with Crippen molar-refractivity contribution in [3.63, 3.8) is 0 Å². The van der Waals surface area contributed by atoms with Crippen molar-refractivity contribution >= 4 is 56.1 Å². The van der Waals surface area contributed by atoms with Crippen LogP contribution in [0.2, 0.25) is 0 Å². The maximum Gasteiger partial charge on any atom is 0.270 e. The van der Waals surface area contributed by atoms with Crippen molar-refractivity contribution in [3.05, 3.63) is 182 Å². The summed E-state index contributed by atoms with van der Waals surface area (Å²) in [6.45, 7) is -0.120. The summed E-state index contributed by atoms with van der Waals surface area (Å²) in [5, 5.41) is 13.6. The average molecular weight is 680 g/mol. The number of imidazole rings is 2. The quantitative estimate of drug-likeness (QED) is 0.119. The molecule has 0 fully saturated rings. The molecule has 6 nitrogen and oxygen atoms in total. The van der Waals surface area contributed by atoms with Gasteiger partial charge in [-0.25, -0.2) is 4.98 Å². The largest absolute Gasteiger partial charge is 0.507 e. The van der Waals surface area contributed by atoms with Gasteiger partial charge in [0.2, 0.25) is 0 Å². The third-order valence-corrected chi connectivity index (χ3v) is 10.6. The number of nitrogens with zero attached hydrogens (tertiary/aromatic N) is 5. The Balaban J connectivity index is 1.25. The molecular formula is C46H30BN5O. The Labute approximate surface area is 305 Å². The maximum atomic E-state index is 11.3. The number of phenolic OH excluding ortho intramolecular Hbond substituents is 1. The molecule has 0 saturated heterocycles. The second kappa shape index (κ2) is 11.5. The van der Waals surface area contributed by atoms with Crippen molar-refractivity contribution in [1.29, 1.82) is 0 Å². The summed E-state index contributed by atoms with van der Waals surface area (Å²) in [6, 6.07) is 60.7. The maximum absolute atomic E-state index is 11.3. The van der Waals surface area contributed by atoms with Crippen molar-refractivity contribution in [3.8, 4) is 40.0 Å². The number of fused-ring (bicyclic) bond motifs is 6. The molecule has 0 radical (unpaired) electrons. The Hall–Kier alpha value is -7.12. The minimum atomic E-state index is -0.120. The third kappa shape index (κ3) is 4.34. The molecule has 1 aliphatic heterocycles. The summed E-state index contributed by atoms with van der Waals surface area (Å²) < 4.78 is 8.87. The van der Waals surface area contributed by atoms with Crippen LogP contribution in [0.25, 0.3) is 67.1 Å². The van der Waals surface area contributed by atoms with E-state index < -0.39 is 0 Å². The molecule has 4 heterocycles. The van der Waals surface area contributed by atoms with Gasteiger partial charge in [-0.15, -0.1) is 0 Å². The zero-order valence-electron chi connectivity index (χ0n) is 28.5. The molecule has 53 heavy (non-hydrogen) atoms. The molecule has 7 aromatic carbocycles. The zero-order chi connectivity index (χ0) is 35.0. The molecule has 248 valence electrons. The normalized spacial score (nSPS) is 12.2. The number of aromatic nitrogens is 5. The molecule has 1 N–H and O–H groups in total. The van der Waals surface area contributed by atoms with E-state index in [1.54, 1.807) is 6.07 Å². The van der Waals surface area contributed by atoms with Gasteiger partial charge in [0, 0.05) is 22.1 Å². The molecule has 3 aromatic heterocycles. The van der Waals surface area contributed by atoms with Crippen LogP contribution in [0.5, 0.6) is 5.75 Å². The number of rotatable bonds is 5. The van der Waals surface area contributed by atoms with E-state index in [-0.39, 0.29) is 12.5 Å². The highest BCUT2D eigenvalue weighted by Crippen LogP contribution is 2.37. The number of hydrogen-bond acceptors (Lipinski definition) is 2. The molecule has 0 spiro atoms. The fourth-order valence-electron chi connectivity index (χ4n) is 8.35. The van der Waals surface area contributed by atoms with Gasteiger partial charge in [0.15, 0.2) is 5.82 Å². The Morgan fingerprint density at radius 1 is 0.585 bits per heavy atom. The van der Waals surface area contributed by atoms with Crippen LogP contribution < -0.4 is 21.1 Å². The van der Waals surface area contributed by atoms with Crippen LogP contribution in [0.4, 0.5) is 0 Å². The van der Waals surface area contributed by atoms with Crippen LogP contribution in [-0.2, 0) is 0 Å². The zero-order valence-corrected chi connectivity index (χ0v) is 28.5. The van der Waals surface area contributed by atoms with Crippen molar-refractivity contribution in [2.24, 2.45) is 0 Å². The molecule has 0 bridgehead atoms. The minimum absolute atomic E-state index is 0.120. The first-order chi connectivity index (χ1) is 26.2. The first-order valence-corrected chi connectivity index (χ1v) is 17.8. The molecule has 11 rings (SSSR count). The summed E-state index contributed by atoms with van der Waals surface area (Å²) in [4.78, 5) is 5.52. The number of benzene rings is 7. The van der Waals surface area contributed by atoms with E-state index in [2.05, 4.69) is 164 Å². The molecule has 1 aliphatic rings. The van der Waals surface area contributed by atoms with Crippen LogP contribution in [0.3, 0.4) is 0 Å².